The molecule has 0 aromatic heterocycles. The Hall–Kier alpha value is -0.860. The highest BCUT2D eigenvalue weighted by Crippen LogP contribution is 2.29. The Labute approximate surface area is 90.8 Å². The lowest BCUT2D eigenvalue weighted by atomic mass is 9.99. The van der Waals surface area contributed by atoms with Gasteiger partial charge in [-0.1, -0.05) is 24.3 Å². The lowest BCUT2D eigenvalue weighted by molar-refractivity contribution is 0.183. The van der Waals surface area contributed by atoms with Gasteiger partial charge in [0.2, 0.25) is 0 Å². The van der Waals surface area contributed by atoms with Crippen LogP contribution in [0.2, 0.25) is 0 Å². The molecule has 2 heteroatoms. The van der Waals surface area contributed by atoms with E-state index in [4.69, 9.17) is 4.74 Å². The van der Waals surface area contributed by atoms with Gasteiger partial charge in [0, 0.05) is 19.6 Å². The molecule has 80 valence electrons. The minimum Gasteiger partial charge on any atom is -0.369 e. The Bertz CT molecular complexity index is 371. The van der Waals surface area contributed by atoms with Gasteiger partial charge >= 0.3 is 0 Å². The summed E-state index contributed by atoms with van der Waals surface area (Å²) >= 11 is 0. The average molecular weight is 203 g/mol. The second-order valence-electron chi connectivity index (χ2n) is 4.97. The van der Waals surface area contributed by atoms with Gasteiger partial charge in [-0.2, -0.15) is 0 Å². The van der Waals surface area contributed by atoms with Crippen molar-refractivity contribution in [2.24, 2.45) is 0 Å². The van der Waals surface area contributed by atoms with Crippen LogP contribution in [-0.2, 0) is 17.7 Å². The van der Waals surface area contributed by atoms with Crippen molar-refractivity contribution in [3.05, 3.63) is 35.4 Å². The number of ether oxygens (including phenoxy) is 1. The highest BCUT2D eigenvalue weighted by atomic mass is 16.6. The molecule has 1 saturated heterocycles. The van der Waals surface area contributed by atoms with Crippen molar-refractivity contribution in [2.75, 3.05) is 19.7 Å². The zero-order valence-electron chi connectivity index (χ0n) is 9.20. The normalized spacial score (nSPS) is 29.9. The fourth-order valence-corrected chi connectivity index (χ4v) is 2.38. The number of hydrogen-bond donors (Lipinski definition) is 0. The molecule has 0 saturated carbocycles. The lowest BCUT2D eigenvalue weighted by Crippen LogP contribution is -2.37. The second-order valence-corrected chi connectivity index (χ2v) is 4.97. The van der Waals surface area contributed by atoms with Crippen molar-refractivity contribution in [1.82, 2.24) is 4.90 Å². The van der Waals surface area contributed by atoms with Crippen LogP contribution in [0.3, 0.4) is 0 Å². The predicted molar refractivity (Wildman–Crippen MR) is 59.8 cm³/mol. The Balaban J connectivity index is 1.72. The first-order chi connectivity index (χ1) is 7.25. The van der Waals surface area contributed by atoms with Crippen molar-refractivity contribution in [3.8, 4) is 0 Å². The van der Waals surface area contributed by atoms with Crippen LogP contribution in [0.15, 0.2) is 24.3 Å². The molecule has 0 N–H and O–H groups in total. The Morgan fingerprint density at radius 1 is 1.33 bits per heavy atom. The third-order valence-corrected chi connectivity index (χ3v) is 3.40. The van der Waals surface area contributed by atoms with Crippen LogP contribution in [0, 0.1) is 0 Å². The third kappa shape index (κ3) is 1.92. The van der Waals surface area contributed by atoms with Crippen LogP contribution < -0.4 is 0 Å². The van der Waals surface area contributed by atoms with E-state index < -0.39 is 0 Å². The monoisotopic (exact) mass is 203 g/mol. The number of epoxide rings is 1. The summed E-state index contributed by atoms with van der Waals surface area (Å²) in [6, 6.07) is 8.77. The first kappa shape index (κ1) is 9.37. The first-order valence-corrected chi connectivity index (χ1v) is 5.68. The van der Waals surface area contributed by atoms with E-state index in [1.54, 1.807) is 0 Å². The zero-order valence-corrected chi connectivity index (χ0v) is 9.20. The van der Waals surface area contributed by atoms with Crippen molar-refractivity contribution in [1.29, 1.82) is 0 Å². The van der Waals surface area contributed by atoms with Crippen LogP contribution in [0.4, 0.5) is 0 Å². The van der Waals surface area contributed by atoms with Crippen LogP contribution >= 0.6 is 0 Å². The highest BCUT2D eigenvalue weighted by Gasteiger charge is 2.41. The molecule has 15 heavy (non-hydrogen) atoms. The van der Waals surface area contributed by atoms with E-state index in [1.165, 1.54) is 24.1 Å². The molecule has 2 aliphatic rings. The Morgan fingerprint density at radius 3 is 2.80 bits per heavy atom. The van der Waals surface area contributed by atoms with Gasteiger partial charge in [0.15, 0.2) is 0 Å². The van der Waals surface area contributed by atoms with Crippen molar-refractivity contribution in [2.45, 2.75) is 25.5 Å². The second kappa shape index (κ2) is 3.32. The molecule has 1 atom stereocenters. The molecule has 1 aromatic rings. The molecular formula is C13H17NO. The lowest BCUT2D eigenvalue weighted by Gasteiger charge is -2.29. The predicted octanol–water partition coefficient (Wildman–Crippen LogP) is 1.83. The van der Waals surface area contributed by atoms with Gasteiger partial charge in [-0.05, 0) is 24.5 Å². The van der Waals surface area contributed by atoms with Crippen LogP contribution in [-0.4, -0.2) is 30.2 Å². The summed E-state index contributed by atoms with van der Waals surface area (Å²) in [4.78, 5) is 2.51. The van der Waals surface area contributed by atoms with Gasteiger partial charge in [0.1, 0.15) is 5.60 Å². The van der Waals surface area contributed by atoms with E-state index in [0.29, 0.717) is 0 Å². The van der Waals surface area contributed by atoms with Crippen molar-refractivity contribution < 1.29 is 4.74 Å². The average Bonchev–Trinajstić information content (AvgIpc) is 2.96. The van der Waals surface area contributed by atoms with Crippen LogP contribution in [0.1, 0.15) is 18.1 Å². The molecule has 0 bridgehead atoms. The largest absolute Gasteiger partial charge is 0.369 e. The standard InChI is InChI=1S/C13H17NO/c1-13(10-15-13)9-14-7-6-11-4-2-3-5-12(11)8-14/h2-5H,6-10H2,1H3/t13-/m1/s1. The number of fused-ring (bicyclic) bond motifs is 1. The quantitative estimate of drug-likeness (QED) is 0.682. The minimum absolute atomic E-state index is 0.159. The smallest absolute Gasteiger partial charge is 0.101 e. The van der Waals surface area contributed by atoms with Crippen LogP contribution in [0.25, 0.3) is 0 Å². The van der Waals surface area contributed by atoms with Gasteiger partial charge < -0.3 is 4.74 Å². The molecule has 0 aliphatic carbocycles. The maximum absolute atomic E-state index is 5.45. The molecule has 1 fully saturated rings. The van der Waals surface area contributed by atoms with Gasteiger partial charge in [0.25, 0.3) is 0 Å². The molecule has 0 radical (unpaired) electrons. The summed E-state index contributed by atoms with van der Waals surface area (Å²) in [5.74, 6) is 0. The summed E-state index contributed by atoms with van der Waals surface area (Å²) in [5.41, 5.74) is 3.18. The van der Waals surface area contributed by atoms with E-state index in [9.17, 15) is 0 Å². The minimum atomic E-state index is 0.159. The number of rotatable bonds is 2. The maximum atomic E-state index is 5.45. The summed E-state index contributed by atoms with van der Waals surface area (Å²) in [5, 5.41) is 0. The molecule has 2 nitrogen and oxygen atoms in total. The summed E-state index contributed by atoms with van der Waals surface area (Å²) in [7, 11) is 0. The molecule has 0 unspecified atom stereocenters. The van der Waals surface area contributed by atoms with Gasteiger partial charge in [-0.25, -0.2) is 0 Å². The molecule has 0 amide bonds. The van der Waals surface area contributed by atoms with E-state index in [1.807, 2.05) is 0 Å². The van der Waals surface area contributed by atoms with Gasteiger partial charge in [-0.3, -0.25) is 4.90 Å². The topological polar surface area (TPSA) is 15.8 Å². The Kier molecular flexibility index (Phi) is 2.08. The zero-order chi connectivity index (χ0) is 10.3. The number of hydrogen-bond acceptors (Lipinski definition) is 2. The number of benzene rings is 1. The molecule has 0 spiro atoms. The Morgan fingerprint density at radius 2 is 2.07 bits per heavy atom. The van der Waals surface area contributed by atoms with Gasteiger partial charge in [0.05, 0.1) is 6.61 Å². The third-order valence-electron chi connectivity index (χ3n) is 3.40. The van der Waals surface area contributed by atoms with Crippen molar-refractivity contribution in [3.63, 3.8) is 0 Å². The highest BCUT2D eigenvalue weighted by molar-refractivity contribution is 5.29. The van der Waals surface area contributed by atoms with Crippen molar-refractivity contribution >= 4 is 0 Å². The molecule has 2 aliphatic heterocycles. The molecule has 1 aromatic carbocycles. The van der Waals surface area contributed by atoms with Crippen LogP contribution in [0.5, 0.6) is 0 Å². The fourth-order valence-electron chi connectivity index (χ4n) is 2.38. The fraction of sp³-hybridized carbons (Fsp3) is 0.538. The molecule has 2 heterocycles. The summed E-state index contributed by atoms with van der Waals surface area (Å²) in [6.07, 6.45) is 1.19. The summed E-state index contributed by atoms with van der Waals surface area (Å²) < 4.78 is 5.45. The van der Waals surface area contributed by atoms with Gasteiger partial charge in [-0.15, -0.1) is 0 Å². The van der Waals surface area contributed by atoms with E-state index in [-0.39, 0.29) is 5.60 Å². The van der Waals surface area contributed by atoms with E-state index >= 15 is 0 Å². The van der Waals surface area contributed by atoms with E-state index in [2.05, 4.69) is 36.1 Å². The summed E-state index contributed by atoms with van der Waals surface area (Å²) in [6.45, 7) is 6.49. The first-order valence-electron chi connectivity index (χ1n) is 5.68. The molecular weight excluding hydrogens is 186 g/mol. The van der Waals surface area contributed by atoms with E-state index in [0.717, 1.165) is 19.7 Å². The number of nitrogens with zero attached hydrogens (tertiary/aromatic N) is 1. The maximum Gasteiger partial charge on any atom is 0.101 e. The molecule has 3 rings (SSSR count). The SMILES string of the molecule is C[C@@]1(CN2CCc3ccccc3C2)CO1.